The van der Waals surface area contributed by atoms with Crippen LogP contribution in [0.3, 0.4) is 0 Å². The quantitative estimate of drug-likeness (QED) is 0.643. The molecule has 1 fully saturated rings. The van der Waals surface area contributed by atoms with Gasteiger partial charge in [0.25, 0.3) is 0 Å². The van der Waals surface area contributed by atoms with Crippen LogP contribution in [-0.2, 0) is 11.8 Å². The number of hydrogen-bond acceptors (Lipinski definition) is 5. The minimum atomic E-state index is -0.927. The molecular weight excluding hydrogens is 264 g/mol. The lowest BCUT2D eigenvalue weighted by molar-refractivity contribution is -0.384. The highest BCUT2D eigenvalue weighted by molar-refractivity contribution is 5.76. The first-order chi connectivity index (χ1) is 9.34. The molecule has 0 spiro atoms. The maximum atomic E-state index is 11.5. The Morgan fingerprint density at radius 1 is 1.65 bits per heavy atom. The van der Waals surface area contributed by atoms with Gasteiger partial charge in [-0.25, -0.2) is 0 Å². The molecule has 2 N–H and O–H groups in total. The van der Waals surface area contributed by atoms with Crippen LogP contribution >= 0.6 is 0 Å². The third kappa shape index (κ3) is 2.45. The van der Waals surface area contributed by atoms with Crippen molar-refractivity contribution in [3.8, 4) is 0 Å². The summed E-state index contributed by atoms with van der Waals surface area (Å²) >= 11 is 0. The van der Waals surface area contributed by atoms with Gasteiger partial charge < -0.3 is 10.4 Å². The normalized spacial score (nSPS) is 26.2. The molecule has 1 aromatic rings. The van der Waals surface area contributed by atoms with Crippen LogP contribution in [0.15, 0.2) is 6.20 Å². The molecule has 0 aliphatic heterocycles. The van der Waals surface area contributed by atoms with Crippen molar-refractivity contribution in [1.82, 2.24) is 9.78 Å². The summed E-state index contributed by atoms with van der Waals surface area (Å²) in [6.45, 7) is 1.68. The maximum absolute atomic E-state index is 11.5. The van der Waals surface area contributed by atoms with Crippen molar-refractivity contribution < 1.29 is 14.8 Å². The molecule has 1 saturated carbocycles. The highest BCUT2D eigenvalue weighted by Crippen LogP contribution is 2.39. The predicted molar refractivity (Wildman–Crippen MR) is 71.5 cm³/mol. The summed E-state index contributed by atoms with van der Waals surface area (Å²) in [7, 11) is 1.59. The first-order valence-electron chi connectivity index (χ1n) is 6.52. The van der Waals surface area contributed by atoms with Crippen molar-refractivity contribution in [2.75, 3.05) is 5.32 Å². The van der Waals surface area contributed by atoms with Crippen LogP contribution in [-0.4, -0.2) is 31.8 Å². The van der Waals surface area contributed by atoms with Gasteiger partial charge in [-0.1, -0.05) is 12.8 Å². The van der Waals surface area contributed by atoms with Crippen LogP contribution in [0.4, 0.5) is 11.5 Å². The summed E-state index contributed by atoms with van der Waals surface area (Å²) in [6, 6.07) is -0.359. The van der Waals surface area contributed by atoms with E-state index >= 15 is 0 Å². The summed E-state index contributed by atoms with van der Waals surface area (Å²) in [5, 5.41) is 27.4. The molecule has 0 saturated heterocycles. The van der Waals surface area contributed by atoms with Crippen molar-refractivity contribution in [1.29, 1.82) is 0 Å². The van der Waals surface area contributed by atoms with Crippen molar-refractivity contribution >= 4 is 17.5 Å². The molecule has 2 rings (SSSR count). The Labute approximate surface area is 115 Å². The van der Waals surface area contributed by atoms with Gasteiger partial charge in [-0.3, -0.25) is 19.6 Å². The number of rotatable bonds is 4. The monoisotopic (exact) mass is 282 g/mol. The van der Waals surface area contributed by atoms with Crippen molar-refractivity contribution in [2.45, 2.75) is 38.6 Å². The summed E-state index contributed by atoms with van der Waals surface area (Å²) in [6.07, 6.45) is 4.28. The summed E-state index contributed by atoms with van der Waals surface area (Å²) in [4.78, 5) is 22.0. The van der Waals surface area contributed by atoms with Crippen LogP contribution in [0.5, 0.6) is 0 Å². The van der Waals surface area contributed by atoms with E-state index in [-0.39, 0.29) is 17.5 Å². The predicted octanol–water partition coefficient (Wildman–Crippen LogP) is 1.77. The number of nitrogens with one attached hydrogen (secondary N) is 1. The van der Waals surface area contributed by atoms with E-state index in [0.717, 1.165) is 12.8 Å². The lowest BCUT2D eigenvalue weighted by Gasteiger charge is -2.38. The second-order valence-corrected chi connectivity index (χ2v) is 5.46. The molecule has 8 nitrogen and oxygen atoms in total. The Bertz CT molecular complexity index is 542. The van der Waals surface area contributed by atoms with Gasteiger partial charge in [0, 0.05) is 13.1 Å². The van der Waals surface area contributed by atoms with Gasteiger partial charge in [-0.15, -0.1) is 5.10 Å². The molecule has 0 radical (unpaired) electrons. The Hall–Kier alpha value is -2.12. The zero-order valence-electron chi connectivity index (χ0n) is 11.5. The molecule has 1 aromatic heterocycles. The van der Waals surface area contributed by atoms with E-state index < -0.39 is 16.3 Å². The number of aryl methyl sites for hydroxylation is 1. The molecule has 1 aliphatic carbocycles. The van der Waals surface area contributed by atoms with E-state index in [4.69, 9.17) is 0 Å². The van der Waals surface area contributed by atoms with Gasteiger partial charge in [0.05, 0.1) is 10.3 Å². The fraction of sp³-hybridized carbons (Fsp3) is 0.667. The molecule has 110 valence electrons. The first kappa shape index (κ1) is 14.3. The average molecular weight is 282 g/mol. The van der Waals surface area contributed by atoms with E-state index in [1.807, 2.05) is 0 Å². The molecule has 1 heterocycles. The van der Waals surface area contributed by atoms with E-state index in [1.54, 1.807) is 14.0 Å². The molecule has 2 atom stereocenters. The van der Waals surface area contributed by atoms with Gasteiger partial charge in [0.2, 0.25) is 5.82 Å². The zero-order valence-corrected chi connectivity index (χ0v) is 11.5. The van der Waals surface area contributed by atoms with Gasteiger partial charge in [0.1, 0.15) is 6.20 Å². The minimum Gasteiger partial charge on any atom is -0.481 e. The van der Waals surface area contributed by atoms with Gasteiger partial charge in [0.15, 0.2) is 0 Å². The number of carboxylic acid groups (broad SMARTS) is 1. The topological polar surface area (TPSA) is 110 Å². The second-order valence-electron chi connectivity index (χ2n) is 5.46. The largest absolute Gasteiger partial charge is 0.481 e. The Kier molecular flexibility index (Phi) is 3.65. The van der Waals surface area contributed by atoms with E-state index in [9.17, 15) is 20.0 Å². The summed E-state index contributed by atoms with van der Waals surface area (Å²) in [5.74, 6) is -0.745. The number of anilines is 1. The Morgan fingerprint density at radius 2 is 2.35 bits per heavy atom. The third-order valence-corrected chi connectivity index (χ3v) is 4.01. The summed E-state index contributed by atoms with van der Waals surface area (Å²) in [5.41, 5.74) is -1.06. The number of aromatic nitrogens is 2. The zero-order chi connectivity index (χ0) is 14.9. The second kappa shape index (κ2) is 5.10. The fourth-order valence-corrected chi connectivity index (χ4v) is 2.70. The number of hydrogen-bond donors (Lipinski definition) is 2. The third-order valence-electron chi connectivity index (χ3n) is 4.01. The van der Waals surface area contributed by atoms with Gasteiger partial charge in [-0.2, -0.15) is 0 Å². The van der Waals surface area contributed by atoms with Crippen molar-refractivity contribution in [3.05, 3.63) is 16.3 Å². The highest BCUT2D eigenvalue weighted by Gasteiger charge is 2.44. The lowest BCUT2D eigenvalue weighted by atomic mass is 9.71. The van der Waals surface area contributed by atoms with Crippen LogP contribution in [0.25, 0.3) is 0 Å². The molecule has 0 amide bonds. The average Bonchev–Trinajstić information content (AvgIpc) is 2.73. The molecular formula is C12H18N4O4. The number of carbonyl (C=O) groups is 1. The van der Waals surface area contributed by atoms with Gasteiger partial charge in [-0.05, 0) is 19.8 Å². The Balaban J connectivity index is 2.28. The molecule has 1 aliphatic rings. The fourth-order valence-electron chi connectivity index (χ4n) is 2.70. The van der Waals surface area contributed by atoms with Crippen LogP contribution in [0.1, 0.15) is 32.6 Å². The molecule has 8 heteroatoms. The molecule has 0 aromatic carbocycles. The number of nitrogens with zero attached hydrogens (tertiary/aromatic N) is 3. The van der Waals surface area contributed by atoms with Gasteiger partial charge >= 0.3 is 11.7 Å². The minimum absolute atomic E-state index is 0.134. The van der Waals surface area contributed by atoms with Crippen LogP contribution in [0.2, 0.25) is 0 Å². The SMILES string of the molecule is Cn1cc([N+](=O)[O-])c(NC2CCCCC2(C)C(=O)O)n1. The molecule has 2 unspecified atom stereocenters. The number of nitro groups is 1. The van der Waals surface area contributed by atoms with Crippen molar-refractivity contribution in [2.24, 2.45) is 12.5 Å². The molecule has 20 heavy (non-hydrogen) atoms. The number of aliphatic carboxylic acids is 1. The van der Waals surface area contributed by atoms with Crippen LogP contribution in [0, 0.1) is 15.5 Å². The van der Waals surface area contributed by atoms with E-state index in [1.165, 1.54) is 10.9 Å². The molecule has 0 bridgehead atoms. The summed E-state index contributed by atoms with van der Waals surface area (Å²) < 4.78 is 1.35. The van der Waals surface area contributed by atoms with Crippen LogP contribution < -0.4 is 5.32 Å². The lowest BCUT2D eigenvalue weighted by Crippen LogP contribution is -2.46. The standard InChI is InChI=1S/C12H18N4O4/c1-12(11(17)18)6-4-3-5-9(12)13-10-8(16(19)20)7-15(2)14-10/h7,9H,3-6H2,1-2H3,(H,13,14)(H,17,18). The Morgan fingerprint density at radius 3 is 2.95 bits per heavy atom. The van der Waals surface area contributed by atoms with E-state index in [0.29, 0.717) is 12.8 Å². The van der Waals surface area contributed by atoms with E-state index in [2.05, 4.69) is 10.4 Å². The first-order valence-corrected chi connectivity index (χ1v) is 6.52. The van der Waals surface area contributed by atoms with Crippen molar-refractivity contribution in [3.63, 3.8) is 0 Å². The number of carboxylic acids is 1. The maximum Gasteiger partial charge on any atom is 0.330 e. The smallest absolute Gasteiger partial charge is 0.330 e. The highest BCUT2D eigenvalue weighted by atomic mass is 16.6.